The average molecular weight is 377 g/mol. The molecule has 1 unspecified atom stereocenters. The van der Waals surface area contributed by atoms with Crippen molar-refractivity contribution in [2.24, 2.45) is 11.1 Å². The Hall–Kier alpha value is -0.920. The first kappa shape index (κ1) is 18.1. The third-order valence-corrected chi connectivity index (χ3v) is 5.17. The van der Waals surface area contributed by atoms with Gasteiger partial charge in [0.05, 0.1) is 4.90 Å². The quantitative estimate of drug-likeness (QED) is 0.827. The number of nitrogens with one attached hydrogen (secondary N) is 1. The van der Waals surface area contributed by atoms with Crippen molar-refractivity contribution in [1.29, 1.82) is 0 Å². The van der Waals surface area contributed by atoms with Gasteiger partial charge in [-0.05, 0) is 37.0 Å². The summed E-state index contributed by atoms with van der Waals surface area (Å²) in [4.78, 5) is 12.3. The van der Waals surface area contributed by atoms with Crippen LogP contribution in [0.2, 0.25) is 0 Å². The molecule has 0 saturated heterocycles. The molecule has 0 aliphatic heterocycles. The van der Waals surface area contributed by atoms with Crippen LogP contribution in [0.15, 0.2) is 21.5 Å². The predicted octanol–water partition coefficient (Wildman–Crippen LogP) is 2.57. The van der Waals surface area contributed by atoms with Gasteiger partial charge in [-0.15, -0.1) is 0 Å². The van der Waals surface area contributed by atoms with Gasteiger partial charge in [0.1, 0.15) is 0 Å². The number of benzene rings is 1. The number of hydrogen-bond acceptors (Lipinski definition) is 3. The van der Waals surface area contributed by atoms with E-state index in [1.807, 2.05) is 20.8 Å². The van der Waals surface area contributed by atoms with Gasteiger partial charge in [0, 0.05) is 16.1 Å². The van der Waals surface area contributed by atoms with Gasteiger partial charge >= 0.3 is 0 Å². The molecule has 0 radical (unpaired) electrons. The van der Waals surface area contributed by atoms with Crippen LogP contribution in [0.1, 0.15) is 43.1 Å². The predicted molar refractivity (Wildman–Crippen MR) is 86.6 cm³/mol. The fraction of sp³-hybridized carbons (Fsp3) is 0.500. The van der Waals surface area contributed by atoms with Gasteiger partial charge < -0.3 is 5.32 Å². The maximum absolute atomic E-state index is 12.4. The number of nitrogens with two attached hydrogens (primary N) is 1. The van der Waals surface area contributed by atoms with Crippen molar-refractivity contribution in [3.05, 3.63) is 27.7 Å². The molecule has 1 rings (SSSR count). The lowest BCUT2D eigenvalue weighted by Crippen LogP contribution is -2.38. The summed E-state index contributed by atoms with van der Waals surface area (Å²) in [5.41, 5.74) is 0.992. The Labute approximate surface area is 134 Å². The van der Waals surface area contributed by atoms with Gasteiger partial charge in [-0.1, -0.05) is 36.7 Å². The summed E-state index contributed by atoms with van der Waals surface area (Å²) in [6, 6.07) is 2.76. The molecule has 1 aromatic carbocycles. The van der Waals surface area contributed by atoms with Crippen LogP contribution >= 0.6 is 15.9 Å². The molecule has 21 heavy (non-hydrogen) atoms. The summed E-state index contributed by atoms with van der Waals surface area (Å²) >= 11 is 3.27. The molecule has 0 heterocycles. The summed E-state index contributed by atoms with van der Waals surface area (Å²) in [5.74, 6) is 0.00312. The van der Waals surface area contributed by atoms with E-state index >= 15 is 0 Å². The van der Waals surface area contributed by atoms with E-state index < -0.39 is 10.0 Å². The van der Waals surface area contributed by atoms with Crippen LogP contribution in [0, 0.1) is 12.8 Å². The van der Waals surface area contributed by atoms with Crippen molar-refractivity contribution in [2.75, 3.05) is 0 Å². The zero-order valence-electron chi connectivity index (χ0n) is 12.6. The van der Waals surface area contributed by atoms with Gasteiger partial charge in [0.15, 0.2) is 0 Å². The fourth-order valence-electron chi connectivity index (χ4n) is 2.04. The second-order valence-corrected chi connectivity index (χ2v) is 7.77. The standard InChI is InChI=1S/C14H21BrN2O3S/c1-5-13(8(2)3)17-14(18)11-6-10(21(16,19)20)7-12(15)9(11)4/h6-8,13H,5H2,1-4H3,(H,17,18)(H2,16,19,20). The molecule has 1 amide bonds. The molecular formula is C14H21BrN2O3S. The van der Waals surface area contributed by atoms with E-state index in [9.17, 15) is 13.2 Å². The molecule has 3 N–H and O–H groups in total. The summed E-state index contributed by atoms with van der Waals surface area (Å²) in [5, 5.41) is 8.07. The Kier molecular flexibility index (Phi) is 5.95. The average Bonchev–Trinajstić information content (AvgIpc) is 2.36. The monoisotopic (exact) mass is 376 g/mol. The molecule has 0 spiro atoms. The molecule has 1 atom stereocenters. The van der Waals surface area contributed by atoms with Crippen molar-refractivity contribution in [1.82, 2.24) is 5.32 Å². The summed E-state index contributed by atoms with van der Waals surface area (Å²) in [6.45, 7) is 7.80. The molecule has 0 aromatic heterocycles. The normalized spacial score (nSPS) is 13.3. The van der Waals surface area contributed by atoms with Gasteiger partial charge in [-0.3, -0.25) is 4.79 Å². The minimum Gasteiger partial charge on any atom is -0.349 e. The Morgan fingerprint density at radius 3 is 2.38 bits per heavy atom. The van der Waals surface area contributed by atoms with Crippen LogP contribution in [0.3, 0.4) is 0 Å². The van der Waals surface area contributed by atoms with Crippen molar-refractivity contribution in [3.8, 4) is 0 Å². The maximum Gasteiger partial charge on any atom is 0.251 e. The van der Waals surface area contributed by atoms with Crippen molar-refractivity contribution in [3.63, 3.8) is 0 Å². The first-order chi connectivity index (χ1) is 9.57. The van der Waals surface area contributed by atoms with Crippen LogP contribution in [-0.4, -0.2) is 20.4 Å². The van der Waals surface area contributed by atoms with Crippen LogP contribution < -0.4 is 10.5 Å². The first-order valence-corrected chi connectivity index (χ1v) is 9.05. The Bertz CT molecular complexity index is 642. The number of rotatable bonds is 5. The highest BCUT2D eigenvalue weighted by Gasteiger charge is 2.20. The van der Waals surface area contributed by atoms with E-state index in [-0.39, 0.29) is 16.8 Å². The van der Waals surface area contributed by atoms with Gasteiger partial charge in [0.25, 0.3) is 5.91 Å². The third-order valence-electron chi connectivity index (χ3n) is 3.45. The summed E-state index contributed by atoms with van der Waals surface area (Å²) < 4.78 is 23.5. The van der Waals surface area contributed by atoms with E-state index in [1.165, 1.54) is 12.1 Å². The lowest BCUT2D eigenvalue weighted by Gasteiger charge is -2.21. The molecule has 0 fully saturated rings. The highest BCUT2D eigenvalue weighted by molar-refractivity contribution is 9.10. The highest BCUT2D eigenvalue weighted by atomic mass is 79.9. The minimum absolute atomic E-state index is 0.0359. The molecule has 118 valence electrons. The smallest absolute Gasteiger partial charge is 0.251 e. The SMILES string of the molecule is CCC(NC(=O)c1cc(S(N)(=O)=O)cc(Br)c1C)C(C)C. The number of carbonyl (C=O) groups is 1. The molecule has 0 aliphatic carbocycles. The Morgan fingerprint density at radius 2 is 1.95 bits per heavy atom. The van der Waals surface area contributed by atoms with Gasteiger partial charge in [-0.25, -0.2) is 13.6 Å². The van der Waals surface area contributed by atoms with Gasteiger partial charge in [-0.2, -0.15) is 0 Å². The number of amides is 1. The summed E-state index contributed by atoms with van der Waals surface area (Å²) in [7, 11) is -3.86. The number of hydrogen-bond donors (Lipinski definition) is 2. The first-order valence-electron chi connectivity index (χ1n) is 6.71. The van der Waals surface area contributed by atoms with Crippen LogP contribution in [-0.2, 0) is 10.0 Å². The van der Waals surface area contributed by atoms with E-state index in [1.54, 1.807) is 6.92 Å². The van der Waals surface area contributed by atoms with E-state index in [4.69, 9.17) is 5.14 Å². The van der Waals surface area contributed by atoms with Crippen molar-refractivity contribution in [2.45, 2.75) is 45.1 Å². The number of primary sulfonamides is 1. The van der Waals surface area contributed by atoms with Crippen LogP contribution in [0.25, 0.3) is 0 Å². The molecule has 0 saturated carbocycles. The topological polar surface area (TPSA) is 89.3 Å². The number of carbonyl (C=O) groups excluding carboxylic acids is 1. The zero-order chi connectivity index (χ0) is 16.4. The largest absolute Gasteiger partial charge is 0.349 e. The zero-order valence-corrected chi connectivity index (χ0v) is 15.0. The van der Waals surface area contributed by atoms with Crippen LogP contribution in [0.4, 0.5) is 0 Å². The molecule has 5 nitrogen and oxygen atoms in total. The summed E-state index contributed by atoms with van der Waals surface area (Å²) in [6.07, 6.45) is 0.804. The number of halogens is 1. The Morgan fingerprint density at radius 1 is 1.38 bits per heavy atom. The molecule has 7 heteroatoms. The van der Waals surface area contributed by atoms with E-state index in [0.29, 0.717) is 21.5 Å². The fourth-order valence-corrected chi connectivity index (χ4v) is 3.22. The Balaban J connectivity index is 3.24. The van der Waals surface area contributed by atoms with E-state index in [2.05, 4.69) is 21.2 Å². The van der Waals surface area contributed by atoms with E-state index in [0.717, 1.165) is 6.42 Å². The minimum atomic E-state index is -3.86. The second kappa shape index (κ2) is 6.89. The van der Waals surface area contributed by atoms with Crippen LogP contribution in [0.5, 0.6) is 0 Å². The van der Waals surface area contributed by atoms with Crippen molar-refractivity contribution >= 4 is 31.9 Å². The number of sulfonamides is 1. The second-order valence-electron chi connectivity index (χ2n) is 5.35. The highest BCUT2D eigenvalue weighted by Crippen LogP contribution is 2.24. The molecule has 0 bridgehead atoms. The molecule has 1 aromatic rings. The maximum atomic E-state index is 12.4. The lowest BCUT2D eigenvalue weighted by atomic mass is 10.0. The van der Waals surface area contributed by atoms with Crippen molar-refractivity contribution < 1.29 is 13.2 Å². The van der Waals surface area contributed by atoms with Gasteiger partial charge in [0.2, 0.25) is 10.0 Å². The third kappa shape index (κ3) is 4.52. The molecular weight excluding hydrogens is 356 g/mol. The lowest BCUT2D eigenvalue weighted by molar-refractivity contribution is 0.0923. The molecule has 0 aliphatic rings.